The minimum Gasteiger partial charge on any atom is -0.456 e. The topological polar surface area (TPSA) is 91.1 Å². The Hall–Kier alpha value is -6.86. The molecule has 0 saturated heterocycles. The quantitative estimate of drug-likeness (QED) is 0.180. The molecule has 10 aromatic rings. The molecular weight excluding hydrogens is 610 g/mol. The lowest BCUT2D eigenvalue weighted by molar-refractivity contribution is 0.645. The molecule has 49 heavy (non-hydrogen) atoms. The van der Waals surface area contributed by atoms with E-state index in [1.165, 1.54) is 0 Å². The Kier molecular flexibility index (Phi) is 5.74. The van der Waals surface area contributed by atoms with Gasteiger partial charge < -0.3 is 13.4 Å². The van der Waals surface area contributed by atoms with Gasteiger partial charge in [0.1, 0.15) is 16.7 Å². The van der Waals surface area contributed by atoms with Gasteiger partial charge in [-0.25, -0.2) is 0 Å². The van der Waals surface area contributed by atoms with E-state index in [0.29, 0.717) is 43.9 Å². The fourth-order valence-corrected chi connectivity index (χ4v) is 7.06. The van der Waals surface area contributed by atoms with Crippen molar-refractivity contribution in [2.75, 3.05) is 0 Å². The van der Waals surface area contributed by atoms with Gasteiger partial charge in [-0.05, 0) is 101 Å². The minimum atomic E-state index is -0.215. The van der Waals surface area contributed by atoms with Gasteiger partial charge in [-0.2, -0.15) is 0 Å². The molecule has 0 aliphatic heterocycles. The van der Waals surface area contributed by atoms with E-state index in [1.54, 1.807) is 61.2 Å². The highest BCUT2D eigenvalue weighted by atomic mass is 16.3. The number of rotatable bonds is 3. The molecule has 0 bridgehead atoms. The summed E-state index contributed by atoms with van der Waals surface area (Å²) in [6, 6.07) is 36.8. The van der Waals surface area contributed by atoms with E-state index < -0.39 is 0 Å². The molecule has 0 atom stereocenters. The third-order valence-corrected chi connectivity index (χ3v) is 9.41. The number of pyridine rings is 2. The molecule has 5 aromatic heterocycles. The van der Waals surface area contributed by atoms with Crippen molar-refractivity contribution in [3.8, 4) is 27.9 Å². The number of aromatic nitrogens is 3. The molecule has 5 heterocycles. The molecule has 0 N–H and O–H groups in total. The molecule has 7 heteroatoms. The molecule has 0 aliphatic carbocycles. The molecular formula is C42H23N3O4. The molecule has 0 saturated carbocycles. The van der Waals surface area contributed by atoms with E-state index in [1.807, 2.05) is 42.5 Å². The van der Waals surface area contributed by atoms with Crippen LogP contribution in [0.15, 0.2) is 158 Å². The van der Waals surface area contributed by atoms with Crippen LogP contribution >= 0.6 is 0 Å². The van der Waals surface area contributed by atoms with Crippen LogP contribution in [0.25, 0.3) is 93.6 Å². The van der Waals surface area contributed by atoms with Crippen molar-refractivity contribution in [3.63, 3.8) is 0 Å². The summed E-state index contributed by atoms with van der Waals surface area (Å²) in [6.45, 7) is 0. The lowest BCUT2D eigenvalue weighted by Gasteiger charge is -2.12. The summed E-state index contributed by atoms with van der Waals surface area (Å²) in [5.74, 6) is 0. The average Bonchev–Trinajstić information content (AvgIpc) is 3.48. The summed E-state index contributed by atoms with van der Waals surface area (Å²) in [5, 5.41) is 3.66. The molecule has 0 fully saturated rings. The largest absolute Gasteiger partial charge is 0.456 e. The van der Waals surface area contributed by atoms with Gasteiger partial charge >= 0.3 is 0 Å². The summed E-state index contributed by atoms with van der Waals surface area (Å²) in [5.41, 5.74) is 8.15. The van der Waals surface area contributed by atoms with Crippen molar-refractivity contribution in [1.29, 1.82) is 0 Å². The number of fused-ring (bicyclic) bond motifs is 7. The Morgan fingerprint density at radius 3 is 1.65 bits per heavy atom. The smallest absolute Gasteiger partial charge is 0.200 e. The SMILES string of the molecule is O=c1c2ccccc2oc2cc3oc4c(-n5c6ccc(-c7ccncc7)cc6c6cc(-c7ccncc7)ccc65)cccc4c(=O)c3cc12. The van der Waals surface area contributed by atoms with E-state index in [-0.39, 0.29) is 10.9 Å². The highest BCUT2D eigenvalue weighted by Crippen LogP contribution is 2.39. The number of hydrogen-bond acceptors (Lipinski definition) is 6. The van der Waals surface area contributed by atoms with Crippen molar-refractivity contribution in [2.24, 2.45) is 0 Å². The zero-order valence-corrected chi connectivity index (χ0v) is 25.8. The Bertz CT molecular complexity index is 2990. The van der Waals surface area contributed by atoms with Crippen LogP contribution in [0.4, 0.5) is 0 Å². The molecule has 5 aromatic carbocycles. The minimum absolute atomic E-state index is 0.186. The third kappa shape index (κ3) is 4.09. The Balaban J connectivity index is 1.28. The Labute approximate surface area is 276 Å². The molecule has 0 spiro atoms. The van der Waals surface area contributed by atoms with Crippen LogP contribution in [0.3, 0.4) is 0 Å². The molecule has 230 valence electrons. The maximum Gasteiger partial charge on any atom is 0.200 e. The molecule has 0 amide bonds. The second kappa shape index (κ2) is 10.3. The van der Waals surface area contributed by atoms with Crippen molar-refractivity contribution in [3.05, 3.63) is 160 Å². The Morgan fingerprint density at radius 1 is 0.429 bits per heavy atom. The van der Waals surface area contributed by atoms with Gasteiger partial charge in [-0.1, -0.05) is 30.3 Å². The predicted octanol–water partition coefficient (Wildman–Crippen LogP) is 9.43. The maximum atomic E-state index is 14.1. The van der Waals surface area contributed by atoms with E-state index in [4.69, 9.17) is 8.83 Å². The van der Waals surface area contributed by atoms with Gasteiger partial charge in [-0.15, -0.1) is 0 Å². The summed E-state index contributed by atoms with van der Waals surface area (Å²) in [6.07, 6.45) is 7.18. The zero-order chi connectivity index (χ0) is 32.6. The molecule has 7 nitrogen and oxygen atoms in total. The number of benzene rings is 5. The number of para-hydroxylation sites is 2. The lowest BCUT2D eigenvalue weighted by Crippen LogP contribution is -2.07. The fourth-order valence-electron chi connectivity index (χ4n) is 7.06. The summed E-state index contributed by atoms with van der Waals surface area (Å²) in [7, 11) is 0. The van der Waals surface area contributed by atoms with Crippen molar-refractivity contribution < 1.29 is 8.83 Å². The average molecular weight is 634 g/mol. The first-order chi connectivity index (χ1) is 24.1. The number of nitrogens with zero attached hydrogens (tertiary/aromatic N) is 3. The van der Waals surface area contributed by atoms with Crippen LogP contribution in [0.5, 0.6) is 0 Å². The van der Waals surface area contributed by atoms with Crippen LogP contribution in [0, 0.1) is 0 Å². The highest BCUT2D eigenvalue weighted by molar-refractivity contribution is 6.13. The molecule has 10 rings (SSSR count). The summed E-state index contributed by atoms with van der Waals surface area (Å²) < 4.78 is 14.9. The fraction of sp³-hybridized carbons (Fsp3) is 0. The van der Waals surface area contributed by atoms with Crippen LogP contribution < -0.4 is 10.9 Å². The van der Waals surface area contributed by atoms with Gasteiger partial charge in [0, 0.05) is 41.6 Å². The van der Waals surface area contributed by atoms with E-state index in [2.05, 4.69) is 50.9 Å². The monoisotopic (exact) mass is 633 g/mol. The van der Waals surface area contributed by atoms with Crippen molar-refractivity contribution in [2.45, 2.75) is 0 Å². The lowest BCUT2D eigenvalue weighted by atomic mass is 10.0. The van der Waals surface area contributed by atoms with Crippen LogP contribution in [0.2, 0.25) is 0 Å². The first-order valence-electron chi connectivity index (χ1n) is 15.9. The molecule has 0 unspecified atom stereocenters. The highest BCUT2D eigenvalue weighted by Gasteiger charge is 2.20. The first-order valence-corrected chi connectivity index (χ1v) is 15.9. The van der Waals surface area contributed by atoms with Crippen molar-refractivity contribution in [1.82, 2.24) is 14.5 Å². The predicted molar refractivity (Wildman–Crippen MR) is 194 cm³/mol. The van der Waals surface area contributed by atoms with Crippen molar-refractivity contribution >= 4 is 65.7 Å². The number of hydrogen-bond donors (Lipinski definition) is 0. The maximum absolute atomic E-state index is 14.1. The van der Waals surface area contributed by atoms with Gasteiger partial charge in [-0.3, -0.25) is 19.6 Å². The van der Waals surface area contributed by atoms with Gasteiger partial charge in [0.2, 0.25) is 10.9 Å². The Morgan fingerprint density at radius 2 is 1.00 bits per heavy atom. The second-order valence-electron chi connectivity index (χ2n) is 12.1. The molecule has 0 aliphatic rings. The second-order valence-corrected chi connectivity index (χ2v) is 12.1. The normalized spacial score (nSPS) is 11.8. The summed E-state index contributed by atoms with van der Waals surface area (Å²) >= 11 is 0. The zero-order valence-electron chi connectivity index (χ0n) is 25.8. The van der Waals surface area contributed by atoms with E-state index in [9.17, 15) is 9.59 Å². The standard InChI is InChI=1S/C42H23N3O4/c46-40-28-4-1-2-7-37(28)48-38-23-39-33(22-32(38)40)41(47)29-5-3-6-36(42(29)49-39)45-34-10-8-26(24-12-16-43-17-13-24)20-30(34)31-21-27(9-11-35(31)45)25-14-18-44-19-15-25/h1-23H. The first kappa shape index (κ1) is 27.3. The van der Waals surface area contributed by atoms with Gasteiger partial charge in [0.05, 0.1) is 38.3 Å². The van der Waals surface area contributed by atoms with Crippen LogP contribution in [-0.2, 0) is 0 Å². The van der Waals surface area contributed by atoms with Gasteiger partial charge in [0.25, 0.3) is 0 Å². The third-order valence-electron chi connectivity index (χ3n) is 9.41. The summed E-state index contributed by atoms with van der Waals surface area (Å²) in [4.78, 5) is 35.9. The van der Waals surface area contributed by atoms with Crippen LogP contribution in [0.1, 0.15) is 0 Å². The van der Waals surface area contributed by atoms with E-state index in [0.717, 1.165) is 49.7 Å². The molecule has 0 radical (unpaired) electrons. The van der Waals surface area contributed by atoms with Crippen LogP contribution in [-0.4, -0.2) is 14.5 Å². The van der Waals surface area contributed by atoms with E-state index >= 15 is 0 Å². The van der Waals surface area contributed by atoms with Gasteiger partial charge in [0.15, 0.2) is 5.58 Å².